The first kappa shape index (κ1) is 26.3. The third-order valence-electron chi connectivity index (χ3n) is 7.21. The average Bonchev–Trinajstić information content (AvgIpc) is 3.19. The molecule has 3 N–H and O–H groups in total. The Morgan fingerprint density at radius 3 is 2.06 bits per heavy atom. The molecule has 2 amide bonds. The van der Waals surface area contributed by atoms with Crippen molar-refractivity contribution in [2.75, 3.05) is 13.2 Å². The van der Waals surface area contributed by atoms with E-state index in [2.05, 4.69) is 34.9 Å². The molecule has 7 nitrogen and oxygen atoms in total. The summed E-state index contributed by atoms with van der Waals surface area (Å²) in [6.45, 7) is 5.78. The summed E-state index contributed by atoms with van der Waals surface area (Å²) in [5.74, 6) is -1.39. The number of carbonyl (C=O) groups excluding carboxylic acids is 2. The van der Waals surface area contributed by atoms with Gasteiger partial charge in [-0.3, -0.25) is 9.59 Å². The molecule has 188 valence electrons. The predicted molar refractivity (Wildman–Crippen MR) is 135 cm³/mol. The van der Waals surface area contributed by atoms with E-state index in [-0.39, 0.29) is 25.0 Å². The fourth-order valence-corrected chi connectivity index (χ4v) is 4.72. The monoisotopic (exact) mass is 480 g/mol. The van der Waals surface area contributed by atoms with Gasteiger partial charge >= 0.3 is 12.1 Å². The van der Waals surface area contributed by atoms with E-state index in [1.54, 1.807) is 13.8 Å². The summed E-state index contributed by atoms with van der Waals surface area (Å²) < 4.78 is 5.60. The number of carboxylic acid groups (broad SMARTS) is 1. The molecule has 0 radical (unpaired) electrons. The van der Waals surface area contributed by atoms with E-state index >= 15 is 0 Å². The number of alkyl carbamates (subject to hydrolysis) is 1. The summed E-state index contributed by atoms with van der Waals surface area (Å²) in [4.78, 5) is 37.4. The average molecular weight is 481 g/mol. The SMILES string of the molecule is CCCC[C@H](NC(=O)OCC1c2ccccc2-c2ccccc21)C(=O)NCC(CC)(CC)C(=O)O. The highest BCUT2D eigenvalue weighted by Crippen LogP contribution is 2.44. The second-order valence-electron chi connectivity index (χ2n) is 9.18. The van der Waals surface area contributed by atoms with E-state index in [0.29, 0.717) is 19.3 Å². The molecule has 0 fully saturated rings. The lowest BCUT2D eigenvalue weighted by atomic mass is 9.82. The van der Waals surface area contributed by atoms with E-state index < -0.39 is 23.5 Å². The number of ether oxygens (including phenoxy) is 1. The third-order valence-corrected chi connectivity index (χ3v) is 7.21. The summed E-state index contributed by atoms with van der Waals surface area (Å²) in [5.41, 5.74) is 3.50. The van der Waals surface area contributed by atoms with E-state index in [4.69, 9.17) is 4.74 Å². The van der Waals surface area contributed by atoms with Crippen LogP contribution in [0.1, 0.15) is 69.9 Å². The fourth-order valence-electron chi connectivity index (χ4n) is 4.72. The Kier molecular flexibility index (Phi) is 8.90. The van der Waals surface area contributed by atoms with Crippen LogP contribution in [0.2, 0.25) is 0 Å². The second kappa shape index (κ2) is 11.9. The van der Waals surface area contributed by atoms with Gasteiger partial charge in [0.1, 0.15) is 12.6 Å². The van der Waals surface area contributed by atoms with Gasteiger partial charge in [0.15, 0.2) is 0 Å². The number of fused-ring (bicyclic) bond motifs is 3. The topological polar surface area (TPSA) is 105 Å². The lowest BCUT2D eigenvalue weighted by Crippen LogP contribution is -2.50. The first-order valence-electron chi connectivity index (χ1n) is 12.5. The van der Waals surface area contributed by atoms with E-state index in [9.17, 15) is 19.5 Å². The Morgan fingerprint density at radius 2 is 1.54 bits per heavy atom. The van der Waals surface area contributed by atoms with Crippen LogP contribution in [0, 0.1) is 5.41 Å². The number of aliphatic carboxylic acids is 1. The molecule has 3 rings (SSSR count). The number of unbranched alkanes of at least 4 members (excludes halogenated alkanes) is 1. The van der Waals surface area contributed by atoms with Crippen LogP contribution in [0.4, 0.5) is 4.79 Å². The Labute approximate surface area is 207 Å². The molecule has 0 spiro atoms. The summed E-state index contributed by atoms with van der Waals surface area (Å²) in [6, 6.07) is 15.4. The Balaban J connectivity index is 1.64. The molecule has 1 aliphatic carbocycles. The largest absolute Gasteiger partial charge is 0.481 e. The van der Waals surface area contributed by atoms with Crippen molar-refractivity contribution in [2.45, 2.75) is 64.8 Å². The van der Waals surface area contributed by atoms with Gasteiger partial charge in [-0.05, 0) is 41.5 Å². The highest BCUT2D eigenvalue weighted by Gasteiger charge is 2.36. The number of rotatable bonds is 12. The van der Waals surface area contributed by atoms with E-state index in [1.165, 1.54) is 0 Å². The van der Waals surface area contributed by atoms with Crippen molar-refractivity contribution in [3.05, 3.63) is 59.7 Å². The number of hydrogen-bond acceptors (Lipinski definition) is 4. The van der Waals surface area contributed by atoms with Gasteiger partial charge < -0.3 is 20.5 Å². The van der Waals surface area contributed by atoms with Crippen LogP contribution < -0.4 is 10.6 Å². The summed E-state index contributed by atoms with van der Waals surface area (Å²) >= 11 is 0. The Hall–Kier alpha value is -3.35. The maximum atomic E-state index is 12.9. The van der Waals surface area contributed by atoms with Crippen LogP contribution in [-0.4, -0.2) is 42.3 Å². The molecular weight excluding hydrogens is 444 g/mol. The minimum Gasteiger partial charge on any atom is -0.481 e. The minimum absolute atomic E-state index is 0.0170. The van der Waals surface area contributed by atoms with Crippen molar-refractivity contribution in [1.82, 2.24) is 10.6 Å². The maximum Gasteiger partial charge on any atom is 0.407 e. The number of hydrogen-bond donors (Lipinski definition) is 3. The van der Waals surface area contributed by atoms with Gasteiger partial charge in [-0.1, -0.05) is 82.1 Å². The molecule has 0 saturated carbocycles. The third kappa shape index (κ3) is 5.84. The number of carboxylic acids is 1. The lowest BCUT2D eigenvalue weighted by Gasteiger charge is -2.28. The summed E-state index contributed by atoms with van der Waals surface area (Å²) in [5, 5.41) is 15.1. The number of nitrogens with one attached hydrogen (secondary N) is 2. The molecule has 7 heteroatoms. The van der Waals surface area contributed by atoms with Crippen LogP contribution >= 0.6 is 0 Å². The molecule has 0 bridgehead atoms. The highest BCUT2D eigenvalue weighted by atomic mass is 16.5. The van der Waals surface area contributed by atoms with Crippen molar-refractivity contribution in [2.24, 2.45) is 5.41 Å². The van der Waals surface area contributed by atoms with E-state index in [0.717, 1.165) is 35.1 Å². The molecule has 35 heavy (non-hydrogen) atoms. The van der Waals surface area contributed by atoms with Crippen molar-refractivity contribution in [1.29, 1.82) is 0 Å². The van der Waals surface area contributed by atoms with E-state index in [1.807, 2.05) is 31.2 Å². The first-order valence-corrected chi connectivity index (χ1v) is 12.5. The van der Waals surface area contributed by atoms with Gasteiger partial charge in [-0.2, -0.15) is 0 Å². The van der Waals surface area contributed by atoms with Gasteiger partial charge in [0.2, 0.25) is 5.91 Å². The molecule has 2 aromatic carbocycles. The number of carbonyl (C=O) groups is 3. The Morgan fingerprint density at radius 1 is 0.971 bits per heavy atom. The van der Waals surface area contributed by atoms with Gasteiger partial charge in [0, 0.05) is 12.5 Å². The molecule has 0 heterocycles. The number of benzene rings is 2. The Bertz CT molecular complexity index is 1000. The second-order valence-corrected chi connectivity index (χ2v) is 9.18. The molecule has 0 aromatic heterocycles. The first-order chi connectivity index (χ1) is 16.9. The summed E-state index contributed by atoms with van der Waals surface area (Å²) in [6.07, 6.45) is 2.20. The zero-order valence-electron chi connectivity index (χ0n) is 20.8. The van der Waals surface area contributed by atoms with Crippen LogP contribution in [-0.2, 0) is 14.3 Å². The molecule has 0 saturated heterocycles. The maximum absolute atomic E-state index is 12.9. The van der Waals surface area contributed by atoms with Gasteiger partial charge in [0.05, 0.1) is 5.41 Å². The van der Waals surface area contributed by atoms with Crippen LogP contribution in [0.25, 0.3) is 11.1 Å². The van der Waals surface area contributed by atoms with Crippen LogP contribution in [0.5, 0.6) is 0 Å². The van der Waals surface area contributed by atoms with Crippen molar-refractivity contribution in [3.8, 4) is 11.1 Å². The summed E-state index contributed by atoms with van der Waals surface area (Å²) in [7, 11) is 0. The quantitative estimate of drug-likeness (QED) is 0.392. The standard InChI is InChI=1S/C28H36N2O5/c1-4-7-16-24(25(31)29-18-28(5-2,6-3)26(32)33)30-27(34)35-17-23-21-14-10-8-12-19(21)20-13-9-11-15-22(20)23/h8-15,23-24H,4-7,16-18H2,1-3H3,(H,29,31)(H,30,34)(H,32,33)/t24-/m0/s1. The molecule has 0 unspecified atom stereocenters. The van der Waals surface area contributed by atoms with Crippen LogP contribution in [0.15, 0.2) is 48.5 Å². The molecular formula is C28H36N2O5. The smallest absolute Gasteiger partial charge is 0.407 e. The molecule has 1 atom stereocenters. The van der Waals surface area contributed by atoms with Crippen molar-refractivity contribution >= 4 is 18.0 Å². The lowest BCUT2D eigenvalue weighted by molar-refractivity contribution is -0.149. The molecule has 1 aliphatic rings. The zero-order chi connectivity index (χ0) is 25.4. The molecule has 0 aliphatic heterocycles. The van der Waals surface area contributed by atoms with Gasteiger partial charge in [0.25, 0.3) is 0 Å². The number of amides is 2. The van der Waals surface area contributed by atoms with Crippen LogP contribution in [0.3, 0.4) is 0 Å². The fraction of sp³-hybridized carbons (Fsp3) is 0.464. The van der Waals surface area contributed by atoms with Crippen molar-refractivity contribution in [3.63, 3.8) is 0 Å². The van der Waals surface area contributed by atoms with Gasteiger partial charge in [-0.15, -0.1) is 0 Å². The van der Waals surface area contributed by atoms with Gasteiger partial charge in [-0.25, -0.2) is 4.79 Å². The highest BCUT2D eigenvalue weighted by molar-refractivity contribution is 5.86. The zero-order valence-corrected chi connectivity index (χ0v) is 20.8. The molecule has 2 aromatic rings. The predicted octanol–water partition coefficient (Wildman–Crippen LogP) is 5.09. The minimum atomic E-state index is -1.02. The normalized spacial score (nSPS) is 13.5. The van der Waals surface area contributed by atoms with Crippen molar-refractivity contribution < 1.29 is 24.2 Å².